The molecular formula is C34H32F6N10O4S. The van der Waals surface area contributed by atoms with Gasteiger partial charge in [-0.3, -0.25) is 13.8 Å². The molecule has 55 heavy (non-hydrogen) atoms. The second kappa shape index (κ2) is 18.1. The lowest BCUT2D eigenvalue weighted by atomic mass is 10.0. The van der Waals surface area contributed by atoms with Crippen LogP contribution in [0.25, 0.3) is 0 Å². The van der Waals surface area contributed by atoms with Gasteiger partial charge in [0.1, 0.15) is 17.7 Å². The quantitative estimate of drug-likeness (QED) is 0.111. The average molecular weight is 791 g/mol. The Bertz CT molecular complexity index is 2170. The van der Waals surface area contributed by atoms with Crippen LogP contribution in [0.2, 0.25) is 0 Å². The van der Waals surface area contributed by atoms with Crippen molar-refractivity contribution in [1.29, 1.82) is 10.5 Å². The molecule has 0 saturated heterocycles. The molecule has 2 aromatic heterocycles. The lowest BCUT2D eigenvalue weighted by Crippen LogP contribution is -2.29. The summed E-state index contributed by atoms with van der Waals surface area (Å²) in [6.07, 6.45) is -8.16. The molecule has 2 heterocycles. The Morgan fingerprint density at radius 3 is 1.58 bits per heavy atom. The third-order valence-corrected chi connectivity index (χ3v) is 8.25. The van der Waals surface area contributed by atoms with Crippen LogP contribution in [0.3, 0.4) is 0 Å². The largest absolute Gasteiger partial charge is 0.480 e. The molecule has 0 amide bonds. The number of carbonyl (C=O) groups is 2. The SMILES string of the molecule is COc1nc(N)nc(N[C@@H](C)C(=O)Cc2cccc(C(F)(F)F)c2)c1C#N.C[C@H](Nc1nc(N)nc(S(C)=O)c1C#N)C(=O)Cc1cccc(C(F)(F)F)c1. The first-order valence-electron chi connectivity index (χ1n) is 15.6. The summed E-state index contributed by atoms with van der Waals surface area (Å²) in [5.41, 5.74) is 9.71. The standard InChI is InChI=1S/C17H16F3N5O2S.C17H16F3N5O2/c1-9(13(26)7-10-4-3-5-11(6-10)17(18,19)20)23-14-12(8-21)15(28(2)27)25-16(22)24-14;1-9(23-14-12(8-21)15(27-2)25-16(22)24-14)13(26)7-10-4-3-5-11(6-10)17(18,19)20/h3-6,9H,7H2,1-2H3,(H3,22,23,24,25);3-6,9H,7H2,1-2H3,(H3,22,23,24,25)/t9-,28?;9-/m00/s1. The van der Waals surface area contributed by atoms with Crippen molar-refractivity contribution in [3.63, 3.8) is 0 Å². The van der Waals surface area contributed by atoms with Gasteiger partial charge in [0.15, 0.2) is 33.8 Å². The van der Waals surface area contributed by atoms with Gasteiger partial charge in [0.05, 0.1) is 41.1 Å². The molecule has 0 aliphatic heterocycles. The number of hydrogen-bond donors (Lipinski definition) is 4. The van der Waals surface area contributed by atoms with Crippen molar-refractivity contribution in [2.45, 2.75) is 56.2 Å². The molecule has 21 heteroatoms. The maximum Gasteiger partial charge on any atom is 0.416 e. The van der Waals surface area contributed by atoms with Crippen molar-refractivity contribution in [3.8, 4) is 18.0 Å². The highest BCUT2D eigenvalue weighted by atomic mass is 32.2. The van der Waals surface area contributed by atoms with Gasteiger partial charge in [0.2, 0.25) is 17.8 Å². The molecule has 1 unspecified atom stereocenters. The van der Waals surface area contributed by atoms with Crippen LogP contribution in [0.4, 0.5) is 49.9 Å². The fraction of sp³-hybridized carbons (Fsp3) is 0.294. The van der Waals surface area contributed by atoms with Crippen molar-refractivity contribution in [3.05, 3.63) is 81.9 Å². The second-order valence-corrected chi connectivity index (χ2v) is 12.8. The smallest absolute Gasteiger partial charge is 0.416 e. The monoisotopic (exact) mass is 790 g/mol. The van der Waals surface area contributed by atoms with E-state index in [4.69, 9.17) is 16.2 Å². The van der Waals surface area contributed by atoms with Crippen molar-refractivity contribution in [2.75, 3.05) is 35.5 Å². The van der Waals surface area contributed by atoms with Gasteiger partial charge in [-0.05, 0) is 37.1 Å². The first-order valence-corrected chi connectivity index (χ1v) is 17.2. The zero-order chi connectivity index (χ0) is 41.2. The molecule has 0 bridgehead atoms. The lowest BCUT2D eigenvalue weighted by Gasteiger charge is -2.16. The van der Waals surface area contributed by atoms with Crippen LogP contribution in [0.5, 0.6) is 5.88 Å². The molecular weight excluding hydrogens is 758 g/mol. The average Bonchev–Trinajstić information content (AvgIpc) is 3.10. The Morgan fingerprint density at radius 2 is 1.20 bits per heavy atom. The summed E-state index contributed by atoms with van der Waals surface area (Å²) in [6.45, 7) is 2.97. The fourth-order valence-electron chi connectivity index (χ4n) is 4.67. The number of hydrogen-bond acceptors (Lipinski definition) is 14. The van der Waals surface area contributed by atoms with Gasteiger partial charge >= 0.3 is 12.4 Å². The highest BCUT2D eigenvalue weighted by Crippen LogP contribution is 2.31. The zero-order valence-electron chi connectivity index (χ0n) is 29.3. The number of aromatic nitrogens is 4. The van der Waals surface area contributed by atoms with E-state index in [0.717, 1.165) is 24.3 Å². The normalized spacial score (nSPS) is 12.8. The van der Waals surface area contributed by atoms with Crippen LogP contribution >= 0.6 is 0 Å². The third kappa shape index (κ3) is 11.8. The van der Waals surface area contributed by atoms with E-state index in [1.807, 2.05) is 12.1 Å². The number of alkyl halides is 6. The summed E-state index contributed by atoms with van der Waals surface area (Å²) in [7, 11) is -0.314. The number of carbonyl (C=O) groups excluding carboxylic acids is 2. The summed E-state index contributed by atoms with van der Waals surface area (Å²) >= 11 is 0. The second-order valence-electron chi connectivity index (χ2n) is 11.5. The number of halogens is 6. The van der Waals surface area contributed by atoms with E-state index >= 15 is 0 Å². The number of nitrogens with one attached hydrogen (secondary N) is 2. The Labute approximate surface area is 312 Å². The van der Waals surface area contributed by atoms with Gasteiger partial charge in [-0.25, -0.2) is 4.98 Å². The fourth-order valence-corrected chi connectivity index (χ4v) is 5.33. The van der Waals surface area contributed by atoms with Gasteiger partial charge in [-0.15, -0.1) is 0 Å². The topological polar surface area (TPSA) is 236 Å². The molecule has 6 N–H and O–H groups in total. The van der Waals surface area contributed by atoms with E-state index in [9.17, 15) is 50.7 Å². The molecule has 3 atom stereocenters. The molecule has 290 valence electrons. The van der Waals surface area contributed by atoms with Crippen LogP contribution in [0.15, 0.2) is 53.6 Å². The first kappa shape index (κ1) is 43.1. The summed E-state index contributed by atoms with van der Waals surface area (Å²) in [6, 6.07) is 11.0. The molecule has 4 rings (SSSR count). The molecule has 0 saturated carbocycles. The first-order chi connectivity index (χ1) is 25.7. The van der Waals surface area contributed by atoms with Gasteiger partial charge < -0.3 is 26.8 Å². The van der Waals surface area contributed by atoms with E-state index < -0.39 is 57.9 Å². The van der Waals surface area contributed by atoms with E-state index in [-0.39, 0.29) is 69.5 Å². The number of nitrogen functional groups attached to an aromatic ring is 2. The number of anilines is 4. The molecule has 0 aliphatic rings. The number of nitrogens with two attached hydrogens (primary N) is 2. The van der Waals surface area contributed by atoms with Crippen molar-refractivity contribution >= 4 is 45.9 Å². The molecule has 2 aromatic carbocycles. The number of methoxy groups -OCH3 is 1. The minimum absolute atomic E-state index is 0.00624. The molecule has 0 radical (unpaired) electrons. The molecule has 14 nitrogen and oxygen atoms in total. The van der Waals surface area contributed by atoms with E-state index in [1.54, 1.807) is 0 Å². The number of Topliss-reactive ketones (excluding diaryl/α,β-unsaturated/α-hetero) is 2. The number of benzene rings is 2. The lowest BCUT2D eigenvalue weighted by molar-refractivity contribution is -0.138. The Morgan fingerprint density at radius 1 is 0.782 bits per heavy atom. The van der Waals surface area contributed by atoms with E-state index in [2.05, 4.69) is 30.6 Å². The van der Waals surface area contributed by atoms with Gasteiger partial charge in [-0.2, -0.15) is 51.8 Å². The Balaban J connectivity index is 0.000000296. The summed E-state index contributed by atoms with van der Waals surface area (Å²) in [4.78, 5) is 40.1. The summed E-state index contributed by atoms with van der Waals surface area (Å²) in [5, 5.41) is 23.9. The van der Waals surface area contributed by atoms with Crippen LogP contribution < -0.4 is 26.8 Å². The molecule has 0 spiro atoms. The Kier molecular flexibility index (Phi) is 14.2. The predicted molar refractivity (Wildman–Crippen MR) is 188 cm³/mol. The maximum atomic E-state index is 12.8. The predicted octanol–water partition coefficient (Wildman–Crippen LogP) is 4.87. The zero-order valence-corrected chi connectivity index (χ0v) is 30.2. The summed E-state index contributed by atoms with van der Waals surface area (Å²) in [5.74, 6) is -1.33. The molecule has 4 aromatic rings. The van der Waals surface area contributed by atoms with Crippen LogP contribution in [-0.4, -0.2) is 61.2 Å². The Hall–Kier alpha value is -6.35. The highest BCUT2D eigenvalue weighted by Gasteiger charge is 2.32. The number of rotatable bonds is 12. The maximum absolute atomic E-state index is 12.8. The van der Waals surface area contributed by atoms with Crippen molar-refractivity contribution in [1.82, 2.24) is 19.9 Å². The number of nitrogens with zero attached hydrogens (tertiary/aromatic N) is 6. The van der Waals surface area contributed by atoms with Crippen LogP contribution in [0.1, 0.15) is 47.2 Å². The van der Waals surface area contributed by atoms with Crippen molar-refractivity contribution < 1.29 is 44.9 Å². The summed E-state index contributed by atoms with van der Waals surface area (Å²) < 4.78 is 93.4. The number of nitriles is 2. The highest BCUT2D eigenvalue weighted by molar-refractivity contribution is 7.84. The van der Waals surface area contributed by atoms with Gasteiger partial charge in [-0.1, -0.05) is 36.4 Å². The number of ether oxygens (including phenoxy) is 1. The van der Waals surface area contributed by atoms with E-state index in [1.165, 1.54) is 51.5 Å². The van der Waals surface area contributed by atoms with Crippen LogP contribution in [0, 0.1) is 22.7 Å². The van der Waals surface area contributed by atoms with Gasteiger partial charge in [0, 0.05) is 19.1 Å². The van der Waals surface area contributed by atoms with Crippen LogP contribution in [-0.2, 0) is 45.6 Å². The van der Waals surface area contributed by atoms with Crippen molar-refractivity contribution in [2.24, 2.45) is 0 Å². The third-order valence-electron chi connectivity index (χ3n) is 7.41. The minimum atomic E-state index is -4.50. The minimum Gasteiger partial charge on any atom is -0.480 e. The molecule has 0 aliphatic carbocycles. The number of ketones is 2. The van der Waals surface area contributed by atoms with E-state index in [0.29, 0.717) is 0 Å². The molecule has 0 fully saturated rings. The van der Waals surface area contributed by atoms with Gasteiger partial charge in [0.25, 0.3) is 0 Å².